The molecule has 7 nitrogen and oxygen atoms in total. The Balaban J connectivity index is 1.51. The zero-order valence-electron chi connectivity index (χ0n) is 17.4. The first-order chi connectivity index (χ1) is 14.9. The maximum absolute atomic E-state index is 12.6. The first-order valence-electron chi connectivity index (χ1n) is 9.77. The SMILES string of the molecule is CC(=O)Nc1ccc(NCC(=O)Nc2ccc(C(=O)N(C)c3ccccc3)cc2)cc1. The molecule has 0 heterocycles. The van der Waals surface area contributed by atoms with Gasteiger partial charge in [0.15, 0.2) is 0 Å². The molecule has 0 aliphatic carbocycles. The van der Waals surface area contributed by atoms with E-state index in [1.165, 1.54) is 6.92 Å². The minimum atomic E-state index is -0.216. The number of nitrogens with one attached hydrogen (secondary N) is 3. The third-order valence-corrected chi connectivity index (χ3v) is 4.52. The van der Waals surface area contributed by atoms with Gasteiger partial charge in [0.05, 0.1) is 6.54 Å². The fourth-order valence-corrected chi connectivity index (χ4v) is 2.92. The predicted molar refractivity (Wildman–Crippen MR) is 123 cm³/mol. The summed E-state index contributed by atoms with van der Waals surface area (Å²) >= 11 is 0. The maximum atomic E-state index is 12.6. The topological polar surface area (TPSA) is 90.5 Å². The number of nitrogens with zero attached hydrogens (tertiary/aromatic N) is 1. The minimum Gasteiger partial charge on any atom is -0.376 e. The molecule has 0 atom stereocenters. The van der Waals surface area contributed by atoms with Crippen molar-refractivity contribution in [3.8, 4) is 0 Å². The summed E-state index contributed by atoms with van der Waals surface area (Å²) in [7, 11) is 1.72. The molecule has 3 aromatic rings. The molecule has 31 heavy (non-hydrogen) atoms. The highest BCUT2D eigenvalue weighted by atomic mass is 16.2. The summed E-state index contributed by atoms with van der Waals surface area (Å²) in [5.41, 5.74) is 3.39. The Labute approximate surface area is 181 Å². The molecule has 0 aliphatic heterocycles. The van der Waals surface area contributed by atoms with Crippen LogP contribution in [0.4, 0.5) is 22.7 Å². The van der Waals surface area contributed by atoms with E-state index in [-0.39, 0.29) is 24.3 Å². The molecule has 7 heteroatoms. The third kappa shape index (κ3) is 6.17. The van der Waals surface area contributed by atoms with Crippen LogP contribution >= 0.6 is 0 Å². The van der Waals surface area contributed by atoms with Crippen LogP contribution in [0.25, 0.3) is 0 Å². The summed E-state index contributed by atoms with van der Waals surface area (Å²) in [6.07, 6.45) is 0. The molecule has 3 amide bonds. The number of carbonyl (C=O) groups is 3. The van der Waals surface area contributed by atoms with E-state index in [0.29, 0.717) is 16.9 Å². The average Bonchev–Trinajstić information content (AvgIpc) is 2.78. The van der Waals surface area contributed by atoms with Crippen LogP contribution in [-0.4, -0.2) is 31.3 Å². The fourth-order valence-electron chi connectivity index (χ4n) is 2.92. The van der Waals surface area contributed by atoms with Crippen LogP contribution in [0.2, 0.25) is 0 Å². The number of carbonyl (C=O) groups excluding carboxylic acids is 3. The summed E-state index contributed by atoms with van der Waals surface area (Å²) in [5, 5.41) is 8.50. The largest absolute Gasteiger partial charge is 0.376 e. The van der Waals surface area contributed by atoms with E-state index in [9.17, 15) is 14.4 Å². The Hall–Kier alpha value is -4.13. The van der Waals surface area contributed by atoms with Crippen molar-refractivity contribution in [2.75, 3.05) is 34.4 Å². The van der Waals surface area contributed by atoms with Crippen molar-refractivity contribution >= 4 is 40.5 Å². The van der Waals surface area contributed by atoms with Gasteiger partial charge >= 0.3 is 0 Å². The summed E-state index contributed by atoms with van der Waals surface area (Å²) < 4.78 is 0. The quantitative estimate of drug-likeness (QED) is 0.544. The molecule has 0 radical (unpaired) electrons. The van der Waals surface area contributed by atoms with Gasteiger partial charge in [-0.2, -0.15) is 0 Å². The van der Waals surface area contributed by atoms with Crippen molar-refractivity contribution in [1.29, 1.82) is 0 Å². The Kier molecular flexibility index (Phi) is 7.01. The molecule has 3 rings (SSSR count). The van der Waals surface area contributed by atoms with Gasteiger partial charge in [-0.05, 0) is 60.7 Å². The van der Waals surface area contributed by atoms with Gasteiger partial charge in [-0.25, -0.2) is 0 Å². The van der Waals surface area contributed by atoms with Gasteiger partial charge in [-0.15, -0.1) is 0 Å². The lowest BCUT2D eigenvalue weighted by molar-refractivity contribution is -0.115. The lowest BCUT2D eigenvalue weighted by atomic mass is 10.1. The molecule has 0 fully saturated rings. The van der Waals surface area contributed by atoms with Gasteiger partial charge < -0.3 is 20.9 Å². The first kappa shape index (κ1) is 21.6. The van der Waals surface area contributed by atoms with Crippen LogP contribution in [0.5, 0.6) is 0 Å². The van der Waals surface area contributed by atoms with Gasteiger partial charge in [0.2, 0.25) is 11.8 Å². The average molecular weight is 416 g/mol. The Bertz CT molecular complexity index is 1050. The number of para-hydroxylation sites is 1. The van der Waals surface area contributed by atoms with E-state index in [0.717, 1.165) is 11.4 Å². The van der Waals surface area contributed by atoms with Gasteiger partial charge in [0, 0.05) is 42.3 Å². The van der Waals surface area contributed by atoms with Crippen molar-refractivity contribution in [3.05, 3.63) is 84.4 Å². The van der Waals surface area contributed by atoms with Crippen LogP contribution in [0, 0.1) is 0 Å². The zero-order chi connectivity index (χ0) is 22.2. The molecule has 0 aliphatic rings. The van der Waals surface area contributed by atoms with Crippen molar-refractivity contribution in [3.63, 3.8) is 0 Å². The van der Waals surface area contributed by atoms with E-state index in [1.807, 2.05) is 30.3 Å². The van der Waals surface area contributed by atoms with E-state index in [2.05, 4.69) is 16.0 Å². The summed E-state index contributed by atoms with van der Waals surface area (Å²) in [6.45, 7) is 1.53. The number of amides is 3. The van der Waals surface area contributed by atoms with Gasteiger partial charge in [-0.3, -0.25) is 14.4 Å². The molecular formula is C24H24N4O3. The Morgan fingerprint density at radius 2 is 1.29 bits per heavy atom. The first-order valence-corrected chi connectivity index (χ1v) is 9.77. The van der Waals surface area contributed by atoms with Crippen LogP contribution in [0.15, 0.2) is 78.9 Å². The molecule has 0 saturated carbocycles. The number of rotatable bonds is 7. The van der Waals surface area contributed by atoms with Gasteiger partial charge in [0.1, 0.15) is 0 Å². The number of hydrogen-bond donors (Lipinski definition) is 3. The smallest absolute Gasteiger partial charge is 0.258 e. The lowest BCUT2D eigenvalue weighted by Crippen LogP contribution is -2.26. The Morgan fingerprint density at radius 1 is 0.742 bits per heavy atom. The molecule has 0 saturated heterocycles. The second-order valence-corrected chi connectivity index (χ2v) is 6.94. The van der Waals surface area contributed by atoms with Crippen molar-refractivity contribution in [2.45, 2.75) is 6.92 Å². The molecule has 3 N–H and O–H groups in total. The number of hydrogen-bond acceptors (Lipinski definition) is 4. The van der Waals surface area contributed by atoms with E-state index in [1.54, 1.807) is 60.5 Å². The predicted octanol–water partition coefficient (Wildman–Crippen LogP) is 3.97. The van der Waals surface area contributed by atoms with Crippen LogP contribution in [0.1, 0.15) is 17.3 Å². The van der Waals surface area contributed by atoms with Gasteiger partial charge in [-0.1, -0.05) is 18.2 Å². The van der Waals surface area contributed by atoms with E-state index in [4.69, 9.17) is 0 Å². The molecule has 3 aromatic carbocycles. The van der Waals surface area contributed by atoms with E-state index < -0.39 is 0 Å². The number of benzene rings is 3. The summed E-state index contributed by atoms with van der Waals surface area (Å²) in [4.78, 5) is 37.5. The molecular weight excluding hydrogens is 392 g/mol. The van der Waals surface area contributed by atoms with Crippen molar-refractivity contribution in [2.24, 2.45) is 0 Å². The van der Waals surface area contributed by atoms with Gasteiger partial charge in [0.25, 0.3) is 5.91 Å². The lowest BCUT2D eigenvalue weighted by Gasteiger charge is -2.17. The van der Waals surface area contributed by atoms with Crippen molar-refractivity contribution in [1.82, 2.24) is 0 Å². The molecule has 0 unspecified atom stereocenters. The second kappa shape index (κ2) is 10.1. The van der Waals surface area contributed by atoms with Crippen molar-refractivity contribution < 1.29 is 14.4 Å². The molecule has 0 aromatic heterocycles. The highest BCUT2D eigenvalue weighted by molar-refractivity contribution is 6.06. The zero-order valence-corrected chi connectivity index (χ0v) is 17.4. The Morgan fingerprint density at radius 3 is 1.90 bits per heavy atom. The highest BCUT2D eigenvalue weighted by Crippen LogP contribution is 2.17. The normalized spacial score (nSPS) is 10.1. The standard InChI is InChI=1S/C24H24N4O3/c1-17(29)26-20-14-12-19(13-15-20)25-16-23(30)27-21-10-8-18(9-11-21)24(31)28(2)22-6-4-3-5-7-22/h3-15,25H,16H2,1-2H3,(H,26,29)(H,27,30). The third-order valence-electron chi connectivity index (χ3n) is 4.52. The van der Waals surface area contributed by atoms with Crippen LogP contribution in [0.3, 0.4) is 0 Å². The fraction of sp³-hybridized carbons (Fsp3) is 0.125. The monoisotopic (exact) mass is 416 g/mol. The second-order valence-electron chi connectivity index (χ2n) is 6.94. The summed E-state index contributed by atoms with van der Waals surface area (Å²) in [5.74, 6) is -0.487. The minimum absolute atomic E-state index is 0.0803. The van der Waals surface area contributed by atoms with Crippen LogP contribution < -0.4 is 20.9 Å². The molecule has 0 bridgehead atoms. The molecule has 0 spiro atoms. The van der Waals surface area contributed by atoms with Crippen LogP contribution in [-0.2, 0) is 9.59 Å². The highest BCUT2D eigenvalue weighted by Gasteiger charge is 2.13. The maximum Gasteiger partial charge on any atom is 0.258 e. The summed E-state index contributed by atoms with van der Waals surface area (Å²) in [6, 6.07) is 23.2. The van der Waals surface area contributed by atoms with E-state index >= 15 is 0 Å². The number of anilines is 4. The molecule has 158 valence electrons.